The molecule has 0 spiro atoms. The smallest absolute Gasteiger partial charge is 0.321 e. The summed E-state index contributed by atoms with van der Waals surface area (Å²) in [4.78, 5) is 27.4. The van der Waals surface area contributed by atoms with E-state index in [4.69, 9.17) is 0 Å². The highest BCUT2D eigenvalue weighted by molar-refractivity contribution is 5.84. The summed E-state index contributed by atoms with van der Waals surface area (Å²) in [6.45, 7) is 3.21. The van der Waals surface area contributed by atoms with Crippen LogP contribution in [0.15, 0.2) is 0 Å². The Balaban J connectivity index is 1.91. The molecule has 2 heterocycles. The van der Waals surface area contributed by atoms with E-state index in [0.29, 0.717) is 0 Å². The summed E-state index contributed by atoms with van der Waals surface area (Å²) in [6.07, 6.45) is 6.67. The predicted molar refractivity (Wildman–Crippen MR) is 71.9 cm³/mol. The maximum atomic E-state index is 12.2. The van der Waals surface area contributed by atoms with Crippen molar-refractivity contribution in [3.63, 3.8) is 0 Å². The van der Waals surface area contributed by atoms with Crippen molar-refractivity contribution < 1.29 is 14.7 Å². The van der Waals surface area contributed by atoms with E-state index in [1.54, 1.807) is 0 Å². The number of nitrogens with zero attached hydrogens (tertiary/aromatic N) is 2. The summed E-state index contributed by atoms with van der Waals surface area (Å²) in [7, 11) is 0. The van der Waals surface area contributed by atoms with E-state index in [-0.39, 0.29) is 12.3 Å². The summed E-state index contributed by atoms with van der Waals surface area (Å²) in [5.41, 5.74) is 0. The Hall–Kier alpha value is -1.10. The molecule has 5 nitrogen and oxygen atoms in total. The molecule has 19 heavy (non-hydrogen) atoms. The zero-order valence-electron chi connectivity index (χ0n) is 11.5. The molecule has 1 unspecified atom stereocenters. The quantitative estimate of drug-likeness (QED) is 0.835. The Morgan fingerprint density at radius 3 is 1.95 bits per heavy atom. The van der Waals surface area contributed by atoms with Crippen LogP contribution in [-0.2, 0) is 9.59 Å². The molecule has 2 rings (SSSR count). The fraction of sp³-hybridized carbons (Fsp3) is 0.857. The SMILES string of the molecule is O=C(O)C(CC(=O)N1CCCCC1)N1CCCCC1. The lowest BCUT2D eigenvalue weighted by Gasteiger charge is -2.33. The number of aliphatic carboxylic acids is 1. The van der Waals surface area contributed by atoms with Gasteiger partial charge in [-0.1, -0.05) is 6.42 Å². The second kappa shape index (κ2) is 6.89. The molecule has 1 atom stereocenters. The average molecular weight is 268 g/mol. The second-order valence-electron chi connectivity index (χ2n) is 5.60. The molecule has 1 N–H and O–H groups in total. The van der Waals surface area contributed by atoms with Crippen LogP contribution in [0.2, 0.25) is 0 Å². The summed E-state index contributed by atoms with van der Waals surface area (Å²) in [5.74, 6) is -0.843. The van der Waals surface area contributed by atoms with Crippen molar-refractivity contribution in [3.05, 3.63) is 0 Å². The standard InChI is InChI=1S/C14H24N2O3/c17-13(16-9-5-2-6-10-16)11-12(14(18)19)15-7-3-1-4-8-15/h12H,1-11H2,(H,18,19). The average Bonchev–Trinajstić information content (AvgIpc) is 2.46. The van der Waals surface area contributed by atoms with Gasteiger partial charge >= 0.3 is 5.97 Å². The molecule has 0 aromatic rings. The Bertz CT molecular complexity index is 321. The molecular weight excluding hydrogens is 244 g/mol. The van der Waals surface area contributed by atoms with E-state index in [1.165, 1.54) is 12.8 Å². The maximum absolute atomic E-state index is 12.2. The molecule has 2 saturated heterocycles. The Labute approximate surface area is 114 Å². The molecule has 0 radical (unpaired) electrons. The zero-order chi connectivity index (χ0) is 13.7. The van der Waals surface area contributed by atoms with Crippen LogP contribution in [0.1, 0.15) is 44.9 Å². The van der Waals surface area contributed by atoms with Gasteiger partial charge in [-0.2, -0.15) is 0 Å². The number of rotatable bonds is 4. The molecule has 2 aliphatic rings. The van der Waals surface area contributed by atoms with Gasteiger partial charge in [0.2, 0.25) is 5.91 Å². The van der Waals surface area contributed by atoms with Gasteiger partial charge in [-0.05, 0) is 45.2 Å². The maximum Gasteiger partial charge on any atom is 0.321 e. The highest BCUT2D eigenvalue weighted by Gasteiger charge is 2.30. The van der Waals surface area contributed by atoms with Crippen molar-refractivity contribution >= 4 is 11.9 Å². The largest absolute Gasteiger partial charge is 0.480 e. The third-order valence-corrected chi connectivity index (χ3v) is 4.19. The van der Waals surface area contributed by atoms with E-state index in [9.17, 15) is 14.7 Å². The molecule has 0 aromatic carbocycles. The number of likely N-dealkylation sites (tertiary alicyclic amines) is 2. The van der Waals surface area contributed by atoms with Crippen LogP contribution in [0.5, 0.6) is 0 Å². The summed E-state index contributed by atoms with van der Waals surface area (Å²) < 4.78 is 0. The fourth-order valence-corrected chi connectivity index (χ4v) is 3.04. The molecule has 0 aliphatic carbocycles. The third kappa shape index (κ3) is 3.93. The molecular formula is C14H24N2O3. The van der Waals surface area contributed by atoms with Gasteiger partial charge < -0.3 is 10.0 Å². The first-order chi connectivity index (χ1) is 9.18. The van der Waals surface area contributed by atoms with Crippen molar-refractivity contribution in [2.45, 2.75) is 51.0 Å². The number of amides is 1. The first-order valence-corrected chi connectivity index (χ1v) is 7.43. The fourth-order valence-electron chi connectivity index (χ4n) is 3.04. The van der Waals surface area contributed by atoms with Crippen LogP contribution >= 0.6 is 0 Å². The molecule has 2 aliphatic heterocycles. The number of hydrogen-bond acceptors (Lipinski definition) is 3. The lowest BCUT2D eigenvalue weighted by atomic mass is 10.0. The lowest BCUT2D eigenvalue weighted by molar-refractivity contribution is -0.148. The molecule has 0 saturated carbocycles. The van der Waals surface area contributed by atoms with Gasteiger partial charge in [0, 0.05) is 13.1 Å². The minimum atomic E-state index is -0.854. The first-order valence-electron chi connectivity index (χ1n) is 7.43. The van der Waals surface area contributed by atoms with Crippen molar-refractivity contribution in [1.82, 2.24) is 9.80 Å². The van der Waals surface area contributed by atoms with E-state index in [0.717, 1.165) is 51.9 Å². The van der Waals surface area contributed by atoms with E-state index in [1.807, 2.05) is 9.80 Å². The number of carboxylic acids is 1. The Morgan fingerprint density at radius 1 is 0.895 bits per heavy atom. The van der Waals surface area contributed by atoms with Crippen LogP contribution in [0.3, 0.4) is 0 Å². The van der Waals surface area contributed by atoms with Crippen molar-refractivity contribution in [1.29, 1.82) is 0 Å². The van der Waals surface area contributed by atoms with E-state index >= 15 is 0 Å². The number of carboxylic acid groups (broad SMARTS) is 1. The molecule has 108 valence electrons. The van der Waals surface area contributed by atoms with Crippen molar-refractivity contribution in [2.24, 2.45) is 0 Å². The highest BCUT2D eigenvalue weighted by Crippen LogP contribution is 2.17. The molecule has 5 heteroatoms. The van der Waals surface area contributed by atoms with Gasteiger partial charge in [0.1, 0.15) is 6.04 Å². The van der Waals surface area contributed by atoms with Crippen LogP contribution in [0, 0.1) is 0 Å². The first kappa shape index (κ1) is 14.3. The summed E-state index contributed by atoms with van der Waals surface area (Å²) >= 11 is 0. The summed E-state index contributed by atoms with van der Waals surface area (Å²) in [5, 5.41) is 9.36. The van der Waals surface area contributed by atoms with Gasteiger partial charge in [0.05, 0.1) is 6.42 Å². The van der Waals surface area contributed by atoms with Crippen molar-refractivity contribution in [3.8, 4) is 0 Å². The van der Waals surface area contributed by atoms with Crippen LogP contribution < -0.4 is 0 Å². The minimum absolute atomic E-state index is 0.0117. The number of carbonyl (C=O) groups is 2. The Kier molecular flexibility index (Phi) is 5.19. The van der Waals surface area contributed by atoms with Crippen LogP contribution in [-0.4, -0.2) is 59.0 Å². The number of piperidine rings is 2. The normalized spacial score (nSPS) is 23.1. The molecule has 1 amide bonds. The van der Waals surface area contributed by atoms with E-state index in [2.05, 4.69) is 0 Å². The van der Waals surface area contributed by atoms with Gasteiger partial charge in [-0.25, -0.2) is 0 Å². The number of hydrogen-bond donors (Lipinski definition) is 1. The van der Waals surface area contributed by atoms with E-state index < -0.39 is 12.0 Å². The van der Waals surface area contributed by atoms with Crippen LogP contribution in [0.4, 0.5) is 0 Å². The van der Waals surface area contributed by atoms with Crippen molar-refractivity contribution in [2.75, 3.05) is 26.2 Å². The zero-order valence-corrected chi connectivity index (χ0v) is 11.5. The minimum Gasteiger partial charge on any atom is -0.480 e. The third-order valence-electron chi connectivity index (χ3n) is 4.19. The summed E-state index contributed by atoms with van der Waals surface area (Å²) in [6, 6.07) is -0.630. The van der Waals surface area contributed by atoms with Gasteiger partial charge in [0.25, 0.3) is 0 Å². The van der Waals surface area contributed by atoms with Gasteiger partial charge in [0.15, 0.2) is 0 Å². The van der Waals surface area contributed by atoms with Gasteiger partial charge in [-0.3, -0.25) is 14.5 Å². The van der Waals surface area contributed by atoms with Gasteiger partial charge in [-0.15, -0.1) is 0 Å². The Morgan fingerprint density at radius 2 is 1.42 bits per heavy atom. The number of carbonyl (C=O) groups excluding carboxylic acids is 1. The van der Waals surface area contributed by atoms with Crippen LogP contribution in [0.25, 0.3) is 0 Å². The lowest BCUT2D eigenvalue weighted by Crippen LogP contribution is -2.48. The molecule has 0 bridgehead atoms. The monoisotopic (exact) mass is 268 g/mol. The topological polar surface area (TPSA) is 60.9 Å². The predicted octanol–water partition coefficient (Wildman–Crippen LogP) is 1.33. The highest BCUT2D eigenvalue weighted by atomic mass is 16.4. The second-order valence-corrected chi connectivity index (χ2v) is 5.60. The molecule has 0 aromatic heterocycles. The molecule has 2 fully saturated rings.